The lowest BCUT2D eigenvalue weighted by atomic mass is 9.81. The van der Waals surface area contributed by atoms with E-state index < -0.39 is 0 Å². The van der Waals surface area contributed by atoms with Crippen molar-refractivity contribution >= 4 is 49.6 Å². The summed E-state index contributed by atoms with van der Waals surface area (Å²) in [4.78, 5) is 2.50. The molecule has 0 fully saturated rings. The van der Waals surface area contributed by atoms with Gasteiger partial charge in [0.15, 0.2) is 0 Å². The van der Waals surface area contributed by atoms with E-state index in [4.69, 9.17) is 0 Å². The van der Waals surface area contributed by atoms with Gasteiger partial charge in [0.05, 0.1) is 22.4 Å². The fourth-order valence-electron chi connectivity index (χ4n) is 8.53. The van der Waals surface area contributed by atoms with Crippen molar-refractivity contribution in [3.05, 3.63) is 193 Å². The molecule has 8 aromatic carbocycles. The maximum absolute atomic E-state index is 2.50. The van der Waals surface area contributed by atoms with Gasteiger partial charge in [0.1, 0.15) is 0 Å². The Labute approximate surface area is 298 Å². The van der Waals surface area contributed by atoms with Gasteiger partial charge in [-0.05, 0) is 99.3 Å². The molecule has 1 aliphatic carbocycles. The molecule has 10 rings (SSSR count). The second-order valence-electron chi connectivity index (χ2n) is 14.2. The lowest BCUT2D eigenvalue weighted by Gasteiger charge is -2.30. The molecule has 51 heavy (non-hydrogen) atoms. The molecule has 0 atom stereocenters. The fraction of sp³-hybridized carbons (Fsp3) is 0.0612. The van der Waals surface area contributed by atoms with Gasteiger partial charge in [-0.3, -0.25) is 0 Å². The quantitative estimate of drug-likeness (QED) is 0.180. The maximum Gasteiger partial charge on any atom is 0.0562 e. The number of para-hydroxylation sites is 3. The maximum atomic E-state index is 2.50. The molecule has 2 nitrogen and oxygen atoms in total. The molecule has 242 valence electrons. The van der Waals surface area contributed by atoms with Gasteiger partial charge in [0, 0.05) is 33.1 Å². The van der Waals surface area contributed by atoms with Gasteiger partial charge in [-0.2, -0.15) is 0 Å². The zero-order chi connectivity index (χ0) is 34.1. The van der Waals surface area contributed by atoms with Crippen molar-refractivity contribution in [2.75, 3.05) is 4.90 Å². The minimum absolute atomic E-state index is 0.162. The first-order valence-corrected chi connectivity index (χ1v) is 17.8. The number of rotatable bonds is 5. The molecule has 0 spiro atoms. The first-order valence-electron chi connectivity index (χ1n) is 17.8. The summed E-state index contributed by atoms with van der Waals surface area (Å²) in [5.74, 6) is 0. The van der Waals surface area contributed by atoms with E-state index in [2.05, 4.69) is 205 Å². The largest absolute Gasteiger partial charge is 0.309 e. The van der Waals surface area contributed by atoms with Crippen LogP contribution in [-0.2, 0) is 5.41 Å². The van der Waals surface area contributed by atoms with E-state index in [1.807, 2.05) is 0 Å². The molecule has 0 aliphatic heterocycles. The van der Waals surface area contributed by atoms with Gasteiger partial charge in [-0.1, -0.05) is 135 Å². The van der Waals surface area contributed by atoms with Crippen LogP contribution in [0.2, 0.25) is 0 Å². The summed E-state index contributed by atoms with van der Waals surface area (Å²) in [7, 11) is 0. The van der Waals surface area contributed by atoms with Crippen molar-refractivity contribution in [2.45, 2.75) is 19.3 Å². The van der Waals surface area contributed by atoms with Crippen LogP contribution in [0.4, 0.5) is 17.1 Å². The van der Waals surface area contributed by atoms with Crippen LogP contribution in [0.1, 0.15) is 25.0 Å². The van der Waals surface area contributed by atoms with Crippen LogP contribution in [-0.4, -0.2) is 4.57 Å². The van der Waals surface area contributed by atoms with Gasteiger partial charge in [-0.15, -0.1) is 0 Å². The van der Waals surface area contributed by atoms with Crippen LogP contribution >= 0.6 is 0 Å². The monoisotopic (exact) mass is 652 g/mol. The number of hydrogen-bond acceptors (Lipinski definition) is 1. The summed E-state index contributed by atoms with van der Waals surface area (Å²) in [6.45, 7) is 4.76. The number of aromatic nitrogens is 1. The molecule has 0 bridgehead atoms. The van der Waals surface area contributed by atoms with Crippen molar-refractivity contribution in [3.8, 4) is 27.9 Å². The van der Waals surface area contributed by atoms with Crippen molar-refractivity contribution in [2.24, 2.45) is 0 Å². The Morgan fingerprint density at radius 3 is 1.90 bits per heavy atom. The summed E-state index contributed by atoms with van der Waals surface area (Å²) in [6, 6.07) is 66.6. The zero-order valence-corrected chi connectivity index (χ0v) is 28.7. The second kappa shape index (κ2) is 11.3. The van der Waals surface area contributed by atoms with Crippen molar-refractivity contribution in [1.29, 1.82) is 0 Å². The molecule has 9 aromatic rings. The van der Waals surface area contributed by atoms with E-state index >= 15 is 0 Å². The van der Waals surface area contributed by atoms with Crippen LogP contribution in [0.3, 0.4) is 0 Å². The van der Waals surface area contributed by atoms with Gasteiger partial charge in [0.2, 0.25) is 0 Å². The van der Waals surface area contributed by atoms with Crippen LogP contribution in [0.25, 0.3) is 60.5 Å². The molecule has 1 aromatic heterocycles. The van der Waals surface area contributed by atoms with Gasteiger partial charge >= 0.3 is 0 Å². The van der Waals surface area contributed by atoms with Crippen molar-refractivity contribution in [3.63, 3.8) is 0 Å². The van der Waals surface area contributed by atoms with Crippen LogP contribution in [0.15, 0.2) is 182 Å². The second-order valence-corrected chi connectivity index (χ2v) is 14.2. The molecule has 0 N–H and O–H groups in total. The van der Waals surface area contributed by atoms with Gasteiger partial charge in [-0.25, -0.2) is 0 Å². The van der Waals surface area contributed by atoms with Crippen LogP contribution in [0, 0.1) is 0 Å². The number of fused-ring (bicyclic) bond motifs is 7. The predicted molar refractivity (Wildman–Crippen MR) is 216 cm³/mol. The smallest absolute Gasteiger partial charge is 0.0562 e. The highest BCUT2D eigenvalue weighted by Gasteiger charge is 2.36. The lowest BCUT2D eigenvalue weighted by molar-refractivity contribution is 0.661. The average Bonchev–Trinajstić information content (AvgIpc) is 3.63. The molecule has 1 aliphatic rings. The average molecular weight is 653 g/mol. The van der Waals surface area contributed by atoms with Crippen molar-refractivity contribution in [1.82, 2.24) is 4.57 Å². The van der Waals surface area contributed by atoms with Crippen LogP contribution < -0.4 is 4.90 Å². The highest BCUT2D eigenvalue weighted by molar-refractivity contribution is 6.17. The summed E-state index contributed by atoms with van der Waals surface area (Å²) in [5.41, 5.74) is 14.6. The van der Waals surface area contributed by atoms with E-state index in [1.165, 1.54) is 66.0 Å². The minimum Gasteiger partial charge on any atom is -0.309 e. The predicted octanol–water partition coefficient (Wildman–Crippen LogP) is 13.4. The lowest BCUT2D eigenvalue weighted by Crippen LogP contribution is -2.17. The number of benzene rings is 8. The molecule has 0 radical (unpaired) electrons. The molecular weight excluding hydrogens is 617 g/mol. The number of anilines is 3. The summed E-state index contributed by atoms with van der Waals surface area (Å²) in [5, 5.41) is 5.03. The standard InChI is InChI=1S/C49H36N2/c1-49(2)42-31-35-19-10-9-18-34(35)30-41(42)39-29-28-37(32-43(39)49)51(44-24-13-11-22-38(44)33-16-5-3-6-17-33)47-27-15-26-46-48(47)40-23-12-14-25-45(40)50(46)36-20-7-4-8-21-36/h3-32H,1-2H3. The van der Waals surface area contributed by atoms with Crippen LogP contribution in [0.5, 0.6) is 0 Å². The van der Waals surface area contributed by atoms with E-state index in [0.717, 1.165) is 22.7 Å². The Morgan fingerprint density at radius 2 is 1.08 bits per heavy atom. The fourth-order valence-corrected chi connectivity index (χ4v) is 8.53. The normalized spacial score (nSPS) is 13.1. The Balaban J connectivity index is 1.27. The van der Waals surface area contributed by atoms with Gasteiger partial charge in [0.25, 0.3) is 0 Å². The molecule has 2 heteroatoms. The third kappa shape index (κ3) is 4.50. The third-order valence-corrected chi connectivity index (χ3v) is 10.9. The molecule has 0 saturated carbocycles. The molecule has 1 heterocycles. The van der Waals surface area contributed by atoms with Crippen molar-refractivity contribution < 1.29 is 0 Å². The highest BCUT2D eigenvalue weighted by atomic mass is 15.2. The molecule has 0 amide bonds. The SMILES string of the molecule is CC1(C)c2cc(N(c3ccccc3-c3ccccc3)c3cccc4c3c3ccccc3n4-c3ccccc3)ccc2-c2cc3ccccc3cc21. The summed E-state index contributed by atoms with van der Waals surface area (Å²) < 4.78 is 2.41. The Morgan fingerprint density at radius 1 is 0.451 bits per heavy atom. The molecule has 0 unspecified atom stereocenters. The van der Waals surface area contributed by atoms with Gasteiger partial charge < -0.3 is 9.47 Å². The Bertz CT molecular complexity index is 2770. The summed E-state index contributed by atoms with van der Waals surface area (Å²) in [6.07, 6.45) is 0. The molecule has 0 saturated heterocycles. The topological polar surface area (TPSA) is 8.17 Å². The highest BCUT2D eigenvalue weighted by Crippen LogP contribution is 2.53. The molecular formula is C49H36N2. The third-order valence-electron chi connectivity index (χ3n) is 10.9. The van der Waals surface area contributed by atoms with E-state index in [1.54, 1.807) is 0 Å². The number of nitrogens with zero attached hydrogens (tertiary/aromatic N) is 2. The Kier molecular flexibility index (Phi) is 6.56. The van der Waals surface area contributed by atoms with E-state index in [0.29, 0.717) is 0 Å². The summed E-state index contributed by atoms with van der Waals surface area (Å²) >= 11 is 0. The minimum atomic E-state index is -0.162. The zero-order valence-electron chi connectivity index (χ0n) is 28.7. The van der Waals surface area contributed by atoms with E-state index in [-0.39, 0.29) is 5.41 Å². The first-order chi connectivity index (χ1) is 25.1. The number of hydrogen-bond donors (Lipinski definition) is 0. The first kappa shape index (κ1) is 29.5. The van der Waals surface area contributed by atoms with E-state index in [9.17, 15) is 0 Å². The Hall–Kier alpha value is -6.38.